The van der Waals surface area contributed by atoms with E-state index < -0.39 is 11.7 Å². The van der Waals surface area contributed by atoms with E-state index in [1.165, 1.54) is 12.8 Å². The lowest BCUT2D eigenvalue weighted by Gasteiger charge is -2.25. The van der Waals surface area contributed by atoms with Gasteiger partial charge in [0, 0.05) is 43.3 Å². The van der Waals surface area contributed by atoms with Gasteiger partial charge in [0.1, 0.15) is 6.54 Å². The summed E-state index contributed by atoms with van der Waals surface area (Å²) in [6, 6.07) is 7.45. The van der Waals surface area contributed by atoms with E-state index in [1.807, 2.05) is 33.7 Å². The molecule has 3 heterocycles. The lowest BCUT2D eigenvalue weighted by Crippen LogP contribution is -2.44. The van der Waals surface area contributed by atoms with Crippen LogP contribution in [0.3, 0.4) is 0 Å². The maximum atomic E-state index is 13.0. The van der Waals surface area contributed by atoms with Crippen LogP contribution < -0.4 is 0 Å². The Morgan fingerprint density at radius 3 is 2.28 bits per heavy atom. The van der Waals surface area contributed by atoms with E-state index in [4.69, 9.17) is 4.74 Å². The van der Waals surface area contributed by atoms with Crippen molar-refractivity contribution in [3.63, 3.8) is 0 Å². The predicted octanol–water partition coefficient (Wildman–Crippen LogP) is 2.09. The van der Waals surface area contributed by atoms with Crippen molar-refractivity contribution in [1.82, 2.24) is 14.4 Å². The van der Waals surface area contributed by atoms with Gasteiger partial charge < -0.3 is 19.1 Å². The number of fused-ring (bicyclic) bond motifs is 1. The Morgan fingerprint density at radius 2 is 1.55 bits per heavy atom. The number of Topliss-reactive ketones (excluding diaryl/α,β-unsaturated/α-hetero) is 1. The molecule has 2 amide bonds. The molecule has 2 aliphatic rings. The van der Waals surface area contributed by atoms with Crippen molar-refractivity contribution in [3.05, 3.63) is 36.0 Å². The number of amides is 2. The van der Waals surface area contributed by atoms with Crippen LogP contribution >= 0.6 is 0 Å². The molecule has 29 heavy (non-hydrogen) atoms. The Bertz CT molecular complexity index is 906. The summed E-state index contributed by atoms with van der Waals surface area (Å²) < 4.78 is 7.08. The van der Waals surface area contributed by atoms with Crippen LogP contribution in [0.15, 0.2) is 30.5 Å². The number of morpholine rings is 1. The van der Waals surface area contributed by atoms with Gasteiger partial charge in [-0.3, -0.25) is 14.4 Å². The number of aromatic nitrogens is 1. The molecule has 0 radical (unpaired) electrons. The molecule has 0 unspecified atom stereocenters. The molecule has 154 valence electrons. The first-order valence-electron chi connectivity index (χ1n) is 10.4. The second-order valence-corrected chi connectivity index (χ2v) is 7.72. The van der Waals surface area contributed by atoms with E-state index in [9.17, 15) is 14.4 Å². The Labute approximate surface area is 170 Å². The number of para-hydroxylation sites is 1. The molecule has 0 N–H and O–H groups in total. The molecule has 4 rings (SSSR count). The van der Waals surface area contributed by atoms with Crippen molar-refractivity contribution in [1.29, 1.82) is 0 Å². The lowest BCUT2D eigenvalue weighted by molar-refractivity contribution is -0.131. The largest absolute Gasteiger partial charge is 0.378 e. The summed E-state index contributed by atoms with van der Waals surface area (Å²) in [4.78, 5) is 42.0. The van der Waals surface area contributed by atoms with Gasteiger partial charge in [-0.25, -0.2) is 0 Å². The SMILES string of the molecule is O=C(C(=O)N1CCOCC1)c1cn(CC(=O)N2CCCCCC2)c2ccccc12. The Balaban J connectivity index is 1.58. The second-order valence-electron chi connectivity index (χ2n) is 7.72. The van der Waals surface area contributed by atoms with E-state index in [2.05, 4.69) is 0 Å². The third-order valence-electron chi connectivity index (χ3n) is 5.79. The smallest absolute Gasteiger partial charge is 0.295 e. The monoisotopic (exact) mass is 397 g/mol. The fourth-order valence-corrected chi connectivity index (χ4v) is 4.15. The first-order valence-corrected chi connectivity index (χ1v) is 10.4. The summed E-state index contributed by atoms with van der Waals surface area (Å²) in [5.41, 5.74) is 1.16. The van der Waals surface area contributed by atoms with Gasteiger partial charge in [-0.2, -0.15) is 0 Å². The molecule has 0 aliphatic carbocycles. The molecule has 2 aliphatic heterocycles. The number of carbonyl (C=O) groups excluding carboxylic acids is 3. The van der Waals surface area contributed by atoms with Crippen LogP contribution in [-0.2, 0) is 20.9 Å². The van der Waals surface area contributed by atoms with Crippen molar-refractivity contribution in [2.24, 2.45) is 0 Å². The standard InChI is InChI=1S/C22H27N3O4/c26-20(23-9-5-1-2-6-10-23)16-25-15-18(17-7-3-4-8-19(17)25)21(27)22(28)24-11-13-29-14-12-24/h3-4,7-8,15H,1-2,5-6,9-14,16H2. The second kappa shape index (κ2) is 8.78. The van der Waals surface area contributed by atoms with Crippen LogP contribution in [0.1, 0.15) is 36.0 Å². The van der Waals surface area contributed by atoms with Gasteiger partial charge >= 0.3 is 0 Å². The normalized spacial score (nSPS) is 17.9. The number of hydrogen-bond donors (Lipinski definition) is 0. The highest BCUT2D eigenvalue weighted by atomic mass is 16.5. The van der Waals surface area contributed by atoms with E-state index in [0.29, 0.717) is 37.3 Å². The number of ether oxygens (including phenoxy) is 1. The molecule has 0 atom stereocenters. The summed E-state index contributed by atoms with van der Waals surface area (Å²) in [6.07, 6.45) is 6.07. The zero-order valence-corrected chi connectivity index (χ0v) is 16.6. The van der Waals surface area contributed by atoms with Crippen molar-refractivity contribution >= 4 is 28.5 Å². The summed E-state index contributed by atoms with van der Waals surface area (Å²) in [5, 5.41) is 0.711. The minimum Gasteiger partial charge on any atom is -0.378 e. The number of nitrogens with zero attached hydrogens (tertiary/aromatic N) is 3. The molecule has 0 saturated carbocycles. The Hall–Kier alpha value is -2.67. The van der Waals surface area contributed by atoms with Gasteiger partial charge in [0.15, 0.2) is 0 Å². The van der Waals surface area contributed by atoms with E-state index in [1.54, 1.807) is 11.1 Å². The third-order valence-corrected chi connectivity index (χ3v) is 5.79. The summed E-state index contributed by atoms with van der Waals surface area (Å²) in [7, 11) is 0. The topological polar surface area (TPSA) is 71.8 Å². The van der Waals surface area contributed by atoms with Crippen LogP contribution in [0.25, 0.3) is 10.9 Å². The first-order chi connectivity index (χ1) is 14.1. The van der Waals surface area contributed by atoms with Crippen LogP contribution in [0.5, 0.6) is 0 Å². The molecule has 0 spiro atoms. The van der Waals surface area contributed by atoms with Crippen molar-refractivity contribution in [3.8, 4) is 0 Å². The third kappa shape index (κ3) is 4.19. The van der Waals surface area contributed by atoms with Crippen LogP contribution in [0.2, 0.25) is 0 Å². The minimum atomic E-state index is -0.524. The number of benzene rings is 1. The van der Waals surface area contributed by atoms with Crippen molar-refractivity contribution in [2.75, 3.05) is 39.4 Å². The quantitative estimate of drug-likeness (QED) is 0.585. The fraction of sp³-hybridized carbons (Fsp3) is 0.500. The van der Waals surface area contributed by atoms with Gasteiger partial charge in [0.25, 0.3) is 11.7 Å². The maximum Gasteiger partial charge on any atom is 0.295 e. The molecule has 2 saturated heterocycles. The summed E-state index contributed by atoms with van der Waals surface area (Å²) in [6.45, 7) is 3.52. The van der Waals surface area contributed by atoms with Gasteiger partial charge in [0.05, 0.1) is 18.8 Å². The average molecular weight is 397 g/mol. The molecule has 1 aromatic heterocycles. The minimum absolute atomic E-state index is 0.0613. The number of rotatable bonds is 4. The van der Waals surface area contributed by atoms with Crippen molar-refractivity contribution < 1.29 is 19.1 Å². The van der Waals surface area contributed by atoms with E-state index in [-0.39, 0.29) is 12.5 Å². The van der Waals surface area contributed by atoms with Gasteiger partial charge in [0.2, 0.25) is 5.91 Å². The van der Waals surface area contributed by atoms with E-state index >= 15 is 0 Å². The van der Waals surface area contributed by atoms with Gasteiger partial charge in [-0.1, -0.05) is 31.0 Å². The molecule has 1 aromatic carbocycles. The zero-order chi connectivity index (χ0) is 20.2. The molecular formula is C22H27N3O4. The van der Waals surface area contributed by atoms with Gasteiger partial charge in [-0.15, -0.1) is 0 Å². The molecule has 2 fully saturated rings. The molecule has 2 aromatic rings. The van der Waals surface area contributed by atoms with Crippen LogP contribution in [0.4, 0.5) is 0 Å². The number of likely N-dealkylation sites (tertiary alicyclic amines) is 1. The molecule has 7 heteroatoms. The highest BCUT2D eigenvalue weighted by Crippen LogP contribution is 2.23. The van der Waals surface area contributed by atoms with Crippen molar-refractivity contribution in [2.45, 2.75) is 32.2 Å². The Morgan fingerprint density at radius 1 is 0.862 bits per heavy atom. The fourth-order valence-electron chi connectivity index (χ4n) is 4.15. The van der Waals surface area contributed by atoms with Crippen LogP contribution in [-0.4, -0.2) is 71.4 Å². The number of hydrogen-bond acceptors (Lipinski definition) is 4. The first kappa shape index (κ1) is 19.6. The van der Waals surface area contributed by atoms with Crippen LogP contribution in [0, 0.1) is 0 Å². The molecular weight excluding hydrogens is 370 g/mol. The summed E-state index contributed by atoms with van der Waals surface area (Å²) >= 11 is 0. The maximum absolute atomic E-state index is 13.0. The number of ketones is 1. The summed E-state index contributed by atoms with van der Waals surface area (Å²) in [5.74, 6) is -0.967. The Kier molecular flexibility index (Phi) is 5.94. The average Bonchev–Trinajstić information content (AvgIpc) is 2.93. The lowest BCUT2D eigenvalue weighted by atomic mass is 10.1. The highest BCUT2D eigenvalue weighted by Gasteiger charge is 2.28. The van der Waals surface area contributed by atoms with Gasteiger partial charge in [-0.05, 0) is 18.9 Å². The van der Waals surface area contributed by atoms with E-state index in [0.717, 1.165) is 31.4 Å². The predicted molar refractivity (Wildman–Crippen MR) is 109 cm³/mol. The molecule has 0 bridgehead atoms. The molecule has 7 nitrogen and oxygen atoms in total. The number of carbonyl (C=O) groups is 3. The zero-order valence-electron chi connectivity index (χ0n) is 16.6. The highest BCUT2D eigenvalue weighted by molar-refractivity contribution is 6.44.